The summed E-state index contributed by atoms with van der Waals surface area (Å²) in [7, 11) is 0. The van der Waals surface area contributed by atoms with Gasteiger partial charge in [0.05, 0.1) is 0 Å². The van der Waals surface area contributed by atoms with Crippen molar-refractivity contribution in [3.8, 4) is 11.5 Å². The summed E-state index contributed by atoms with van der Waals surface area (Å²) in [4.78, 5) is 16.7. The maximum atomic E-state index is 12.3. The summed E-state index contributed by atoms with van der Waals surface area (Å²) in [6, 6.07) is 22.2. The molecule has 0 atom stereocenters. The number of hydrogen-bond donors (Lipinski definition) is 0. The molecule has 0 amide bonds. The van der Waals surface area contributed by atoms with E-state index in [2.05, 4.69) is 4.99 Å². The first kappa shape index (κ1) is 20.7. The van der Waals surface area contributed by atoms with Gasteiger partial charge < -0.3 is 14.2 Å². The predicted octanol–water partition coefficient (Wildman–Crippen LogP) is 5.45. The van der Waals surface area contributed by atoms with E-state index in [0.717, 1.165) is 22.4 Å². The average molecular weight is 434 g/mol. The van der Waals surface area contributed by atoms with Gasteiger partial charge in [-0.3, -0.25) is 0 Å². The van der Waals surface area contributed by atoms with Crippen molar-refractivity contribution in [2.75, 3.05) is 13.2 Å². The quantitative estimate of drug-likeness (QED) is 0.282. The fraction of sp³-hybridized carbons (Fsp3) is 0.120. The summed E-state index contributed by atoms with van der Waals surface area (Å²) in [5, 5.41) is 0.657. The molecule has 1 aliphatic rings. The molecule has 156 valence electrons. The van der Waals surface area contributed by atoms with Gasteiger partial charge in [0.2, 0.25) is 5.90 Å². The number of nitrogens with zero attached hydrogens (tertiary/aromatic N) is 1. The molecular formula is C25H20ClNO4. The fourth-order valence-corrected chi connectivity index (χ4v) is 3.14. The second-order valence-electron chi connectivity index (χ2n) is 6.89. The molecule has 0 spiro atoms. The predicted molar refractivity (Wildman–Crippen MR) is 121 cm³/mol. The maximum absolute atomic E-state index is 12.3. The van der Waals surface area contributed by atoms with Crippen molar-refractivity contribution in [3.63, 3.8) is 0 Å². The summed E-state index contributed by atoms with van der Waals surface area (Å²) >= 11 is 5.88. The largest absolute Gasteiger partial charge is 0.490 e. The minimum Gasteiger partial charge on any atom is -0.490 e. The van der Waals surface area contributed by atoms with Gasteiger partial charge in [0, 0.05) is 16.1 Å². The van der Waals surface area contributed by atoms with Crippen LogP contribution in [-0.4, -0.2) is 25.1 Å². The van der Waals surface area contributed by atoms with E-state index in [-0.39, 0.29) is 5.70 Å². The van der Waals surface area contributed by atoms with E-state index in [0.29, 0.717) is 29.9 Å². The summed E-state index contributed by atoms with van der Waals surface area (Å²) < 4.78 is 16.9. The van der Waals surface area contributed by atoms with E-state index < -0.39 is 5.97 Å². The number of aliphatic imine (C=N–C) groups is 1. The topological polar surface area (TPSA) is 57.1 Å². The lowest BCUT2D eigenvalue weighted by atomic mass is 10.1. The minimum atomic E-state index is -0.489. The Morgan fingerprint density at radius 2 is 1.71 bits per heavy atom. The summed E-state index contributed by atoms with van der Waals surface area (Å²) in [5.74, 6) is 1.16. The molecule has 0 aromatic heterocycles. The molecule has 0 aliphatic carbocycles. The summed E-state index contributed by atoms with van der Waals surface area (Å²) in [6.07, 6.45) is 1.68. The number of benzene rings is 3. The Hall–Kier alpha value is -3.57. The van der Waals surface area contributed by atoms with Crippen molar-refractivity contribution >= 4 is 29.5 Å². The zero-order valence-corrected chi connectivity index (χ0v) is 17.6. The van der Waals surface area contributed by atoms with Crippen LogP contribution in [0.4, 0.5) is 0 Å². The third-order valence-electron chi connectivity index (χ3n) is 4.52. The standard InChI is InChI=1S/C25H20ClNO4/c1-17-7-12-23(30-14-13-29-21-10-8-20(26)9-11-21)19(15-17)16-22-25(28)31-24(27-22)18-5-3-2-4-6-18/h2-12,15-16H,13-14H2,1H3/b22-16+. The Labute approximate surface area is 185 Å². The van der Waals surface area contributed by atoms with Crippen LogP contribution in [0.2, 0.25) is 5.02 Å². The Balaban J connectivity index is 1.47. The minimum absolute atomic E-state index is 0.228. The van der Waals surface area contributed by atoms with Gasteiger partial charge in [0.25, 0.3) is 0 Å². The van der Waals surface area contributed by atoms with Crippen molar-refractivity contribution in [2.45, 2.75) is 6.92 Å². The molecule has 3 aromatic rings. The number of carbonyl (C=O) groups excluding carboxylic acids is 1. The number of cyclic esters (lactones) is 1. The monoisotopic (exact) mass is 433 g/mol. The van der Waals surface area contributed by atoms with Gasteiger partial charge in [0.1, 0.15) is 24.7 Å². The number of esters is 1. The number of aryl methyl sites for hydroxylation is 1. The molecule has 5 nitrogen and oxygen atoms in total. The van der Waals surface area contributed by atoms with Crippen LogP contribution < -0.4 is 9.47 Å². The normalized spacial score (nSPS) is 14.3. The summed E-state index contributed by atoms with van der Waals surface area (Å²) in [6.45, 7) is 2.68. The molecule has 0 N–H and O–H groups in total. The van der Waals surface area contributed by atoms with Crippen LogP contribution >= 0.6 is 11.6 Å². The molecule has 3 aromatic carbocycles. The first-order valence-electron chi connectivity index (χ1n) is 9.78. The smallest absolute Gasteiger partial charge is 0.363 e. The molecule has 4 rings (SSSR count). The van der Waals surface area contributed by atoms with Crippen LogP contribution in [0, 0.1) is 6.92 Å². The Bertz CT molecular complexity index is 1140. The number of hydrogen-bond acceptors (Lipinski definition) is 5. The Morgan fingerprint density at radius 1 is 0.968 bits per heavy atom. The van der Waals surface area contributed by atoms with Crippen molar-refractivity contribution in [1.29, 1.82) is 0 Å². The van der Waals surface area contributed by atoms with E-state index in [1.165, 1.54) is 0 Å². The zero-order chi connectivity index (χ0) is 21.6. The van der Waals surface area contributed by atoms with Gasteiger partial charge in [-0.2, -0.15) is 0 Å². The molecule has 0 saturated heterocycles. The van der Waals surface area contributed by atoms with Crippen LogP contribution in [0.5, 0.6) is 11.5 Å². The first-order chi connectivity index (χ1) is 15.1. The molecule has 0 fully saturated rings. The Morgan fingerprint density at radius 3 is 2.48 bits per heavy atom. The van der Waals surface area contributed by atoms with Crippen molar-refractivity contribution in [1.82, 2.24) is 0 Å². The van der Waals surface area contributed by atoms with Gasteiger partial charge in [-0.15, -0.1) is 0 Å². The molecule has 31 heavy (non-hydrogen) atoms. The van der Waals surface area contributed by atoms with E-state index in [1.54, 1.807) is 30.3 Å². The highest BCUT2D eigenvalue weighted by Crippen LogP contribution is 2.26. The maximum Gasteiger partial charge on any atom is 0.363 e. The first-order valence-corrected chi connectivity index (χ1v) is 10.2. The molecule has 6 heteroatoms. The molecule has 0 unspecified atom stereocenters. The van der Waals surface area contributed by atoms with Crippen LogP contribution in [-0.2, 0) is 9.53 Å². The molecule has 0 bridgehead atoms. The van der Waals surface area contributed by atoms with E-state index >= 15 is 0 Å². The van der Waals surface area contributed by atoms with Crippen molar-refractivity contribution < 1.29 is 19.0 Å². The fourth-order valence-electron chi connectivity index (χ4n) is 3.01. The highest BCUT2D eigenvalue weighted by Gasteiger charge is 2.24. The third kappa shape index (κ3) is 5.32. The number of halogens is 1. The lowest BCUT2D eigenvalue weighted by molar-refractivity contribution is -0.129. The average Bonchev–Trinajstić information content (AvgIpc) is 3.14. The van der Waals surface area contributed by atoms with Gasteiger partial charge >= 0.3 is 5.97 Å². The third-order valence-corrected chi connectivity index (χ3v) is 4.77. The van der Waals surface area contributed by atoms with E-state index in [9.17, 15) is 4.79 Å². The van der Waals surface area contributed by atoms with Crippen molar-refractivity contribution in [3.05, 3.63) is 100 Å². The molecule has 0 radical (unpaired) electrons. The molecule has 1 heterocycles. The highest BCUT2D eigenvalue weighted by atomic mass is 35.5. The van der Waals surface area contributed by atoms with Crippen LogP contribution in [0.1, 0.15) is 16.7 Å². The van der Waals surface area contributed by atoms with Crippen molar-refractivity contribution in [2.24, 2.45) is 4.99 Å². The lowest BCUT2D eigenvalue weighted by Crippen LogP contribution is -2.09. The molecular weight excluding hydrogens is 414 g/mol. The molecule has 0 saturated carbocycles. The zero-order valence-electron chi connectivity index (χ0n) is 16.9. The highest BCUT2D eigenvalue weighted by molar-refractivity contribution is 6.30. The van der Waals surface area contributed by atoms with Gasteiger partial charge in [-0.05, 0) is 61.5 Å². The lowest BCUT2D eigenvalue weighted by Gasteiger charge is -2.11. The second kappa shape index (κ2) is 9.49. The van der Waals surface area contributed by atoms with Gasteiger partial charge in [-0.1, -0.05) is 41.4 Å². The summed E-state index contributed by atoms with van der Waals surface area (Å²) in [5.41, 5.74) is 2.76. The van der Waals surface area contributed by atoms with Gasteiger partial charge in [0.15, 0.2) is 5.70 Å². The van der Waals surface area contributed by atoms with E-state index in [1.807, 2.05) is 55.5 Å². The van der Waals surface area contributed by atoms with E-state index in [4.69, 9.17) is 25.8 Å². The Kier molecular flexibility index (Phi) is 6.34. The number of ether oxygens (including phenoxy) is 3. The molecule has 1 aliphatic heterocycles. The SMILES string of the molecule is Cc1ccc(OCCOc2ccc(Cl)cc2)c(/C=C2/N=C(c3ccccc3)OC2=O)c1. The van der Waals surface area contributed by atoms with Crippen LogP contribution in [0.25, 0.3) is 6.08 Å². The second-order valence-corrected chi connectivity index (χ2v) is 7.33. The van der Waals surface area contributed by atoms with Gasteiger partial charge in [-0.25, -0.2) is 9.79 Å². The van der Waals surface area contributed by atoms with Crippen LogP contribution in [0.3, 0.4) is 0 Å². The number of carbonyl (C=O) groups is 1. The van der Waals surface area contributed by atoms with Crippen LogP contribution in [0.15, 0.2) is 83.5 Å². The number of rotatable bonds is 7.